The number of hydrogen-bond donors (Lipinski definition) is 0. The zero-order valence-electron chi connectivity index (χ0n) is 8.22. The summed E-state index contributed by atoms with van der Waals surface area (Å²) in [5.41, 5.74) is 0. The van der Waals surface area contributed by atoms with Gasteiger partial charge in [0, 0.05) is 6.42 Å². The van der Waals surface area contributed by atoms with Crippen molar-refractivity contribution in [2.45, 2.75) is 39.2 Å². The summed E-state index contributed by atoms with van der Waals surface area (Å²) >= 11 is 0. The minimum absolute atomic E-state index is 0.149. The van der Waals surface area contributed by atoms with Gasteiger partial charge in [0.25, 0.3) is 6.20 Å². The van der Waals surface area contributed by atoms with E-state index in [1.54, 1.807) is 10.9 Å². The Morgan fingerprint density at radius 2 is 2.36 bits per heavy atom. The first-order chi connectivity index (χ1) is 6.86. The third-order valence-corrected chi connectivity index (χ3v) is 1.88. The van der Waals surface area contributed by atoms with Crippen molar-refractivity contribution in [1.29, 1.82) is 0 Å². The largest absolute Gasteiger partial charge is 0.775 e. The van der Waals surface area contributed by atoms with E-state index in [0.717, 1.165) is 13.0 Å². The van der Waals surface area contributed by atoms with Crippen molar-refractivity contribution in [3.05, 3.63) is 11.4 Å². The number of aryl methyl sites for hydroxylation is 1. The number of aromatic nitrogens is 2. The zero-order valence-corrected chi connectivity index (χ0v) is 8.22. The molecule has 0 amide bonds. The molecule has 0 aromatic carbocycles. The van der Waals surface area contributed by atoms with Gasteiger partial charge in [0.15, 0.2) is 6.54 Å². The highest BCUT2D eigenvalue weighted by Crippen LogP contribution is 2.06. The van der Waals surface area contributed by atoms with E-state index in [-0.39, 0.29) is 5.88 Å². The maximum atomic E-state index is 9.77. The Morgan fingerprint density at radius 1 is 1.50 bits per heavy atom. The molecular formula is C8H14N4O2. The first-order valence-electron chi connectivity index (χ1n) is 4.76. The summed E-state index contributed by atoms with van der Waals surface area (Å²) in [4.78, 5) is 0. The Morgan fingerprint density at radius 3 is 3.07 bits per heavy atom. The van der Waals surface area contributed by atoms with Crippen molar-refractivity contribution in [3.63, 3.8) is 0 Å². The van der Waals surface area contributed by atoms with E-state index < -0.39 is 0 Å². The first kappa shape index (κ1) is 10.6. The normalized spacial score (nSPS) is 11.2. The number of hydrogen-bond acceptors (Lipinski definition) is 5. The van der Waals surface area contributed by atoms with E-state index in [0.29, 0.717) is 0 Å². The van der Waals surface area contributed by atoms with Crippen LogP contribution in [0.25, 0.3) is 0 Å². The Balaban J connectivity index is 2.29. The molecule has 0 unspecified atom stereocenters. The molecular weight excluding hydrogens is 184 g/mol. The quantitative estimate of drug-likeness (QED) is 0.304. The number of nitrogens with zero attached hydrogens (tertiary/aromatic N) is 4. The highest BCUT2D eigenvalue weighted by molar-refractivity contribution is 5.09. The summed E-state index contributed by atoms with van der Waals surface area (Å²) in [6.07, 6.45) is 6.23. The maximum Gasteiger partial charge on any atom is 0.339 e. The predicted octanol–water partition coefficient (Wildman–Crippen LogP) is 2.12. The minimum Gasteiger partial charge on any atom is -0.775 e. The van der Waals surface area contributed by atoms with Crippen molar-refractivity contribution in [2.75, 3.05) is 0 Å². The van der Waals surface area contributed by atoms with Gasteiger partial charge in [-0.25, -0.2) is 5.28 Å². The summed E-state index contributed by atoms with van der Waals surface area (Å²) in [6.45, 7) is 2.95. The molecule has 14 heavy (non-hydrogen) atoms. The highest BCUT2D eigenvalue weighted by Gasteiger charge is 2.09. The first-order valence-corrected chi connectivity index (χ1v) is 4.76. The molecule has 1 heterocycles. The standard InChI is InChI=1S/C8H14N4O2/c1-2-3-4-5-6-12-7-8(9-10-13)14-11-12/h7H,2-6H2,1H3. The molecule has 0 bridgehead atoms. The molecule has 0 fully saturated rings. The fourth-order valence-corrected chi connectivity index (χ4v) is 1.16. The average molecular weight is 198 g/mol. The predicted molar refractivity (Wildman–Crippen MR) is 48.7 cm³/mol. The molecule has 0 aliphatic rings. The van der Waals surface area contributed by atoms with Crippen molar-refractivity contribution < 1.29 is 9.20 Å². The molecule has 0 aliphatic carbocycles. The van der Waals surface area contributed by atoms with Crippen LogP contribution in [0.5, 0.6) is 0 Å². The Labute approximate surface area is 82.2 Å². The smallest absolute Gasteiger partial charge is 0.339 e. The molecule has 0 radical (unpaired) electrons. The summed E-state index contributed by atoms with van der Waals surface area (Å²) in [5, 5.41) is 19.0. The van der Waals surface area contributed by atoms with Gasteiger partial charge in [0.2, 0.25) is 5.27 Å². The molecule has 6 nitrogen and oxygen atoms in total. The van der Waals surface area contributed by atoms with E-state index >= 15 is 0 Å². The topological polar surface area (TPSA) is 77.7 Å². The SMILES string of the molecule is CCCCCC[n+]1cc(/N=N/[O-])on1. The van der Waals surface area contributed by atoms with Gasteiger partial charge in [-0.3, -0.25) is 4.52 Å². The molecule has 0 saturated heterocycles. The summed E-state index contributed by atoms with van der Waals surface area (Å²) in [6, 6.07) is 0. The molecule has 1 aromatic heterocycles. The monoisotopic (exact) mass is 198 g/mol. The minimum atomic E-state index is 0.149. The van der Waals surface area contributed by atoms with Gasteiger partial charge in [0.05, 0.1) is 0 Å². The second-order valence-electron chi connectivity index (χ2n) is 3.05. The fraction of sp³-hybridized carbons (Fsp3) is 0.750. The van der Waals surface area contributed by atoms with Crippen molar-refractivity contribution >= 4 is 5.88 Å². The third-order valence-electron chi connectivity index (χ3n) is 1.88. The number of unbranched alkanes of at least 4 members (excludes halogenated alkanes) is 3. The molecule has 0 atom stereocenters. The summed E-state index contributed by atoms with van der Waals surface area (Å²) in [7, 11) is 0. The van der Waals surface area contributed by atoms with Gasteiger partial charge in [-0.1, -0.05) is 24.4 Å². The van der Waals surface area contributed by atoms with Gasteiger partial charge in [0.1, 0.15) is 0 Å². The molecule has 6 heteroatoms. The van der Waals surface area contributed by atoms with Crippen molar-refractivity contribution in [1.82, 2.24) is 5.27 Å². The number of rotatable bonds is 6. The van der Waals surface area contributed by atoms with Crippen LogP contribution in [0.15, 0.2) is 21.1 Å². The summed E-state index contributed by atoms with van der Waals surface area (Å²) < 4.78 is 6.34. The third kappa shape index (κ3) is 3.51. The average Bonchev–Trinajstić information content (AvgIpc) is 2.61. The molecule has 1 rings (SSSR count). The lowest BCUT2D eigenvalue weighted by molar-refractivity contribution is -0.762. The molecule has 0 saturated carbocycles. The van der Waals surface area contributed by atoms with Crippen LogP contribution in [-0.4, -0.2) is 5.27 Å². The molecule has 78 valence electrons. The van der Waals surface area contributed by atoms with Crippen LogP contribution in [0, 0.1) is 5.21 Å². The van der Waals surface area contributed by atoms with E-state index in [2.05, 4.69) is 22.6 Å². The van der Waals surface area contributed by atoms with E-state index in [9.17, 15) is 5.21 Å². The van der Waals surface area contributed by atoms with Crippen LogP contribution in [0.2, 0.25) is 0 Å². The lowest BCUT2D eigenvalue weighted by Gasteiger charge is -1.90. The molecule has 0 spiro atoms. The Bertz CT molecular complexity index is 285. The van der Waals surface area contributed by atoms with E-state index in [4.69, 9.17) is 4.52 Å². The lowest BCUT2D eigenvalue weighted by atomic mass is 10.2. The van der Waals surface area contributed by atoms with Crippen molar-refractivity contribution in [3.8, 4) is 0 Å². The highest BCUT2D eigenvalue weighted by atomic mass is 16.5. The molecule has 0 aliphatic heterocycles. The maximum absolute atomic E-state index is 9.77. The van der Waals surface area contributed by atoms with Gasteiger partial charge < -0.3 is 5.21 Å². The fourth-order valence-electron chi connectivity index (χ4n) is 1.16. The van der Waals surface area contributed by atoms with Crippen LogP contribution in [0.3, 0.4) is 0 Å². The van der Waals surface area contributed by atoms with Crippen molar-refractivity contribution in [2.24, 2.45) is 10.4 Å². The van der Waals surface area contributed by atoms with E-state index in [1.807, 2.05) is 0 Å². The Hall–Kier alpha value is -1.46. The Kier molecular flexibility index (Phi) is 4.60. The zero-order chi connectivity index (χ0) is 10.2. The van der Waals surface area contributed by atoms with Crippen LogP contribution in [0.4, 0.5) is 5.88 Å². The molecule has 0 N–H and O–H groups in total. The lowest BCUT2D eigenvalue weighted by Crippen LogP contribution is -2.34. The van der Waals surface area contributed by atoms with Crippen LogP contribution >= 0.6 is 0 Å². The van der Waals surface area contributed by atoms with Crippen LogP contribution in [0.1, 0.15) is 32.6 Å². The van der Waals surface area contributed by atoms with E-state index in [1.165, 1.54) is 19.3 Å². The van der Waals surface area contributed by atoms with Gasteiger partial charge in [-0.2, -0.15) is 0 Å². The van der Waals surface area contributed by atoms with Crippen LogP contribution in [-0.2, 0) is 6.54 Å². The second kappa shape index (κ2) is 6.06. The van der Waals surface area contributed by atoms with Gasteiger partial charge in [-0.15, -0.1) is 5.11 Å². The van der Waals surface area contributed by atoms with Gasteiger partial charge in [-0.05, 0) is 6.42 Å². The van der Waals surface area contributed by atoms with Crippen LogP contribution < -0.4 is 4.68 Å². The molecule has 1 aromatic rings. The second-order valence-corrected chi connectivity index (χ2v) is 3.05. The summed E-state index contributed by atoms with van der Waals surface area (Å²) in [5.74, 6) is 0.149. The van der Waals surface area contributed by atoms with Gasteiger partial charge >= 0.3 is 5.88 Å².